The van der Waals surface area contributed by atoms with Crippen LogP contribution in [0.2, 0.25) is 0 Å². The fraction of sp³-hybridized carbons (Fsp3) is 0. The maximum Gasteiger partial charge on any atom is 0.124 e. The molecule has 0 aliphatic rings. The van der Waals surface area contributed by atoms with E-state index in [4.69, 9.17) is 4.42 Å². The molecule has 5 aromatic carbocycles. The molecule has 0 saturated heterocycles. The average Bonchev–Trinajstić information content (AvgIpc) is 3.38. The summed E-state index contributed by atoms with van der Waals surface area (Å²) >= 11 is 0. The quantitative estimate of drug-likeness (QED) is 0.137. The zero-order valence-electron chi connectivity index (χ0n) is 20.2. The third kappa shape index (κ3) is 4.14. The van der Waals surface area contributed by atoms with Crippen LogP contribution < -0.4 is 0 Å². The van der Waals surface area contributed by atoms with Crippen LogP contribution in [0.5, 0.6) is 0 Å². The number of nitrogens with zero attached hydrogens (tertiary/aromatic N) is 2. The molecule has 8 rings (SSSR count). The van der Waals surface area contributed by atoms with Crippen molar-refractivity contribution in [2.24, 2.45) is 0 Å². The molecule has 1 radical (unpaired) electrons. The molecule has 183 valence electrons. The Morgan fingerprint density at radius 1 is 0.579 bits per heavy atom. The van der Waals surface area contributed by atoms with Crippen molar-refractivity contribution in [2.75, 3.05) is 0 Å². The summed E-state index contributed by atoms with van der Waals surface area (Å²) in [6.07, 6.45) is 3.68. The Hall–Kier alpha value is -4.37. The van der Waals surface area contributed by atoms with E-state index in [1.54, 1.807) is 0 Å². The SMILES string of the molecule is [Ir].[c-]1ccc2oc3cccc4c5cccnc5c1c2c34.[c-]1ccccc1-c1cc(-c2ccccc2)ccn1. The summed E-state index contributed by atoms with van der Waals surface area (Å²) in [5, 5.41) is 5.73. The van der Waals surface area contributed by atoms with Crippen molar-refractivity contribution in [3.63, 3.8) is 0 Å². The van der Waals surface area contributed by atoms with Gasteiger partial charge in [0.05, 0.1) is 5.58 Å². The molecule has 0 spiro atoms. The van der Waals surface area contributed by atoms with Gasteiger partial charge in [0.25, 0.3) is 0 Å². The van der Waals surface area contributed by atoms with E-state index in [0.29, 0.717) is 0 Å². The maximum absolute atomic E-state index is 5.94. The summed E-state index contributed by atoms with van der Waals surface area (Å²) in [4.78, 5) is 8.94. The number of fused-ring (bicyclic) bond motifs is 3. The molecule has 0 unspecified atom stereocenters. The number of aromatic nitrogens is 2. The molecular formula is C34H20IrN2O-2. The van der Waals surface area contributed by atoms with Crippen LogP contribution in [-0.2, 0) is 20.1 Å². The topological polar surface area (TPSA) is 38.9 Å². The molecule has 38 heavy (non-hydrogen) atoms. The van der Waals surface area contributed by atoms with Crippen LogP contribution in [-0.4, -0.2) is 9.97 Å². The number of pyridine rings is 2. The monoisotopic (exact) mass is 665 g/mol. The Labute approximate surface area is 233 Å². The smallest absolute Gasteiger partial charge is 0.124 e. The maximum atomic E-state index is 5.94. The molecule has 0 N–H and O–H groups in total. The molecule has 3 nitrogen and oxygen atoms in total. The summed E-state index contributed by atoms with van der Waals surface area (Å²) < 4.78 is 5.94. The Balaban J connectivity index is 0.000000136. The Morgan fingerprint density at radius 3 is 2.29 bits per heavy atom. The molecule has 0 atom stereocenters. The van der Waals surface area contributed by atoms with Gasteiger partial charge >= 0.3 is 0 Å². The Morgan fingerprint density at radius 2 is 1.42 bits per heavy atom. The van der Waals surface area contributed by atoms with E-state index in [-0.39, 0.29) is 20.1 Å². The van der Waals surface area contributed by atoms with Gasteiger partial charge < -0.3 is 14.4 Å². The molecule has 0 saturated carbocycles. The molecule has 0 amide bonds. The van der Waals surface area contributed by atoms with Gasteiger partial charge in [-0.3, -0.25) is 0 Å². The molecule has 0 bridgehead atoms. The predicted octanol–water partition coefficient (Wildman–Crippen LogP) is 8.74. The first kappa shape index (κ1) is 24.0. The Bertz CT molecular complexity index is 1840. The van der Waals surface area contributed by atoms with E-state index in [2.05, 4.69) is 52.4 Å². The van der Waals surface area contributed by atoms with Gasteiger partial charge in [0.1, 0.15) is 5.58 Å². The van der Waals surface area contributed by atoms with Crippen LogP contribution in [0, 0.1) is 12.1 Å². The van der Waals surface area contributed by atoms with Crippen LogP contribution in [0.1, 0.15) is 0 Å². The number of rotatable bonds is 2. The molecular weight excluding hydrogens is 645 g/mol. The van der Waals surface area contributed by atoms with Crippen molar-refractivity contribution in [3.05, 3.63) is 134 Å². The van der Waals surface area contributed by atoms with Crippen LogP contribution in [0.15, 0.2) is 126 Å². The largest absolute Gasteiger partial charge is 0.476 e. The molecule has 8 aromatic rings. The number of hydrogen-bond acceptors (Lipinski definition) is 3. The zero-order valence-corrected chi connectivity index (χ0v) is 22.6. The van der Waals surface area contributed by atoms with Gasteiger partial charge in [-0.25, -0.2) is 0 Å². The van der Waals surface area contributed by atoms with Gasteiger partial charge in [-0.1, -0.05) is 66.0 Å². The van der Waals surface area contributed by atoms with E-state index < -0.39 is 0 Å². The first-order chi connectivity index (χ1) is 18.4. The second-order valence-corrected chi connectivity index (χ2v) is 8.84. The van der Waals surface area contributed by atoms with Gasteiger partial charge in [0.2, 0.25) is 0 Å². The minimum absolute atomic E-state index is 0. The van der Waals surface area contributed by atoms with Crippen molar-refractivity contribution in [3.8, 4) is 22.4 Å². The van der Waals surface area contributed by atoms with Crippen molar-refractivity contribution in [1.29, 1.82) is 0 Å². The van der Waals surface area contributed by atoms with E-state index in [1.165, 1.54) is 21.9 Å². The van der Waals surface area contributed by atoms with E-state index in [0.717, 1.165) is 44.1 Å². The zero-order chi connectivity index (χ0) is 24.6. The van der Waals surface area contributed by atoms with Crippen molar-refractivity contribution >= 4 is 43.6 Å². The summed E-state index contributed by atoms with van der Waals surface area (Å²) in [5.41, 5.74) is 7.20. The molecule has 3 heterocycles. The normalized spacial score (nSPS) is 10.9. The van der Waals surface area contributed by atoms with Crippen molar-refractivity contribution in [2.45, 2.75) is 0 Å². The van der Waals surface area contributed by atoms with E-state index in [9.17, 15) is 0 Å². The number of furan rings is 1. The standard InChI is InChI=1S/C17H8NO.C17H12N.Ir/c1-4-10-11-6-3-9-18-17(11)12-5-2-8-14-16(12)15(10)13(7-1)19-14;1-3-7-14(8-4-1)16-11-12-18-17(13-16)15-9-5-2-6-10-15;/h1-4,6-9H;1-9,11-13H;/q2*-1;. The first-order valence-electron chi connectivity index (χ1n) is 12.2. The summed E-state index contributed by atoms with van der Waals surface area (Å²) in [6, 6.07) is 43.0. The van der Waals surface area contributed by atoms with Gasteiger partial charge in [0.15, 0.2) is 0 Å². The van der Waals surface area contributed by atoms with Crippen LogP contribution in [0.4, 0.5) is 0 Å². The van der Waals surface area contributed by atoms with Gasteiger partial charge in [-0.2, -0.15) is 0 Å². The first-order valence-corrected chi connectivity index (χ1v) is 12.2. The third-order valence-corrected chi connectivity index (χ3v) is 6.64. The van der Waals surface area contributed by atoms with Gasteiger partial charge in [-0.15, -0.1) is 53.4 Å². The van der Waals surface area contributed by atoms with Gasteiger partial charge in [-0.05, 0) is 56.7 Å². The second-order valence-electron chi connectivity index (χ2n) is 8.84. The van der Waals surface area contributed by atoms with Crippen molar-refractivity contribution < 1.29 is 24.5 Å². The van der Waals surface area contributed by atoms with Gasteiger partial charge in [0, 0.05) is 32.5 Å². The van der Waals surface area contributed by atoms with Crippen molar-refractivity contribution in [1.82, 2.24) is 9.97 Å². The number of hydrogen-bond donors (Lipinski definition) is 0. The fourth-order valence-electron chi connectivity index (χ4n) is 4.98. The summed E-state index contributed by atoms with van der Waals surface area (Å²) in [5.74, 6) is 0. The van der Waals surface area contributed by atoms with Crippen LogP contribution >= 0.6 is 0 Å². The van der Waals surface area contributed by atoms with Crippen LogP contribution in [0.3, 0.4) is 0 Å². The second kappa shape index (κ2) is 10.2. The van der Waals surface area contributed by atoms with E-state index >= 15 is 0 Å². The predicted molar refractivity (Wildman–Crippen MR) is 150 cm³/mol. The minimum Gasteiger partial charge on any atom is -0.476 e. The average molecular weight is 665 g/mol. The van der Waals surface area contributed by atoms with E-state index in [1.807, 2.05) is 91.3 Å². The molecule has 0 fully saturated rings. The third-order valence-electron chi connectivity index (χ3n) is 6.64. The Kier molecular flexibility index (Phi) is 6.43. The number of benzene rings is 5. The minimum atomic E-state index is 0. The fourth-order valence-corrected chi connectivity index (χ4v) is 4.98. The molecule has 3 aromatic heterocycles. The summed E-state index contributed by atoms with van der Waals surface area (Å²) in [6.45, 7) is 0. The van der Waals surface area contributed by atoms with Crippen LogP contribution in [0.25, 0.3) is 66.0 Å². The summed E-state index contributed by atoms with van der Waals surface area (Å²) in [7, 11) is 0. The molecule has 0 aliphatic carbocycles. The molecule has 0 aliphatic heterocycles. The molecule has 4 heteroatoms.